The molecular formula is C29H42N4O6. The Bertz CT molecular complexity index is 1010. The van der Waals surface area contributed by atoms with Crippen molar-refractivity contribution in [1.82, 2.24) is 15.1 Å². The van der Waals surface area contributed by atoms with Crippen molar-refractivity contribution in [2.75, 3.05) is 71.6 Å². The van der Waals surface area contributed by atoms with Crippen molar-refractivity contribution in [1.29, 1.82) is 0 Å². The van der Waals surface area contributed by atoms with Gasteiger partial charge in [-0.15, -0.1) is 0 Å². The van der Waals surface area contributed by atoms with E-state index in [9.17, 15) is 14.4 Å². The lowest BCUT2D eigenvalue weighted by Crippen LogP contribution is -2.55. The van der Waals surface area contributed by atoms with E-state index < -0.39 is 18.2 Å². The molecule has 3 saturated heterocycles. The number of piperazine rings is 1. The van der Waals surface area contributed by atoms with Gasteiger partial charge in [0.15, 0.2) is 5.78 Å². The van der Waals surface area contributed by atoms with Crippen LogP contribution in [0.4, 0.5) is 5.69 Å². The summed E-state index contributed by atoms with van der Waals surface area (Å²) >= 11 is 0. The highest BCUT2D eigenvalue weighted by Crippen LogP contribution is 2.33. The van der Waals surface area contributed by atoms with E-state index in [0.29, 0.717) is 12.1 Å². The Labute approximate surface area is 230 Å². The Balaban J connectivity index is 1.26. The molecule has 4 fully saturated rings. The van der Waals surface area contributed by atoms with Crippen molar-refractivity contribution in [3.05, 3.63) is 29.8 Å². The molecule has 2 amide bonds. The van der Waals surface area contributed by atoms with Gasteiger partial charge in [0.25, 0.3) is 5.91 Å². The zero-order valence-electron chi connectivity index (χ0n) is 23.2. The number of ether oxygens (including phenoxy) is 3. The second-order valence-corrected chi connectivity index (χ2v) is 11.2. The van der Waals surface area contributed by atoms with Gasteiger partial charge in [-0.3, -0.25) is 19.3 Å². The number of rotatable bonds is 9. The van der Waals surface area contributed by atoms with E-state index in [4.69, 9.17) is 14.2 Å². The summed E-state index contributed by atoms with van der Waals surface area (Å²) in [6, 6.07) is 6.33. The fourth-order valence-corrected chi connectivity index (χ4v) is 6.57. The van der Waals surface area contributed by atoms with Gasteiger partial charge in [0.2, 0.25) is 5.91 Å². The first-order chi connectivity index (χ1) is 19.0. The minimum absolute atomic E-state index is 0.00597. The predicted octanol–water partition coefficient (Wildman–Crippen LogP) is 1.33. The predicted molar refractivity (Wildman–Crippen MR) is 146 cm³/mol. The number of likely N-dealkylation sites (tertiary alicyclic amines) is 1. The van der Waals surface area contributed by atoms with Gasteiger partial charge >= 0.3 is 0 Å². The van der Waals surface area contributed by atoms with Crippen LogP contribution in [0.3, 0.4) is 0 Å². The van der Waals surface area contributed by atoms with Crippen LogP contribution in [0.5, 0.6) is 0 Å². The molecule has 3 aliphatic heterocycles. The zero-order chi connectivity index (χ0) is 27.4. The molecule has 10 heteroatoms. The molecule has 4 aliphatic rings. The SMILES string of the molecule is COCCN1CCN(c2ccc(C(=O)N[C@H](C(=O)N3C[C@@H](OC)[C@H]4OCC(=O)[C@H]43)C3CCCCC3)cc2)CC1. The number of benzene rings is 1. The summed E-state index contributed by atoms with van der Waals surface area (Å²) < 4.78 is 16.4. The van der Waals surface area contributed by atoms with Gasteiger partial charge in [-0.25, -0.2) is 0 Å². The number of carbonyl (C=O) groups is 3. The Hall–Kier alpha value is -2.53. The van der Waals surface area contributed by atoms with Gasteiger partial charge in [0.05, 0.1) is 13.2 Å². The van der Waals surface area contributed by atoms with E-state index in [1.54, 1.807) is 19.1 Å². The Morgan fingerprint density at radius 2 is 1.77 bits per heavy atom. The molecule has 4 atom stereocenters. The van der Waals surface area contributed by atoms with Crippen LogP contribution in [-0.2, 0) is 23.8 Å². The minimum atomic E-state index is -0.678. The number of Topliss-reactive ketones (excluding diaryl/α,β-unsaturated/α-hetero) is 1. The third-order valence-corrected chi connectivity index (χ3v) is 8.88. The van der Waals surface area contributed by atoms with Crippen LogP contribution < -0.4 is 10.2 Å². The van der Waals surface area contributed by atoms with Crippen LogP contribution in [0.1, 0.15) is 42.5 Å². The van der Waals surface area contributed by atoms with Gasteiger partial charge in [-0.1, -0.05) is 19.3 Å². The number of hydrogen-bond acceptors (Lipinski definition) is 8. The fraction of sp³-hybridized carbons (Fsp3) is 0.690. The van der Waals surface area contributed by atoms with Crippen molar-refractivity contribution < 1.29 is 28.6 Å². The van der Waals surface area contributed by atoms with Crippen molar-refractivity contribution in [3.8, 4) is 0 Å². The summed E-state index contributed by atoms with van der Waals surface area (Å²) in [4.78, 5) is 46.3. The van der Waals surface area contributed by atoms with Crippen molar-refractivity contribution in [2.45, 2.75) is 56.4 Å². The average Bonchev–Trinajstić information content (AvgIpc) is 3.55. The molecule has 1 aliphatic carbocycles. The molecule has 1 aromatic rings. The highest BCUT2D eigenvalue weighted by molar-refractivity contribution is 5.99. The van der Waals surface area contributed by atoms with Crippen LogP contribution in [0, 0.1) is 5.92 Å². The maximum absolute atomic E-state index is 13.9. The van der Waals surface area contributed by atoms with Gasteiger partial charge in [-0.05, 0) is 43.0 Å². The first-order valence-corrected chi connectivity index (χ1v) is 14.3. The van der Waals surface area contributed by atoms with Crippen LogP contribution >= 0.6 is 0 Å². The Morgan fingerprint density at radius 1 is 1.05 bits per heavy atom. The molecular weight excluding hydrogens is 500 g/mol. The average molecular weight is 543 g/mol. The Kier molecular flexibility index (Phi) is 9.17. The van der Waals surface area contributed by atoms with E-state index >= 15 is 0 Å². The first-order valence-electron chi connectivity index (χ1n) is 14.3. The third-order valence-electron chi connectivity index (χ3n) is 8.88. The first kappa shape index (κ1) is 28.0. The molecule has 3 heterocycles. The van der Waals surface area contributed by atoms with E-state index in [1.807, 2.05) is 24.3 Å². The van der Waals surface area contributed by atoms with E-state index in [2.05, 4.69) is 15.1 Å². The molecule has 0 spiro atoms. The zero-order valence-corrected chi connectivity index (χ0v) is 23.2. The van der Waals surface area contributed by atoms with E-state index in [0.717, 1.165) is 77.1 Å². The number of methoxy groups -OCH3 is 2. The summed E-state index contributed by atoms with van der Waals surface area (Å²) in [7, 11) is 3.30. The molecule has 214 valence electrons. The number of anilines is 1. The van der Waals surface area contributed by atoms with Crippen molar-refractivity contribution in [3.63, 3.8) is 0 Å². The normalized spacial score (nSPS) is 27.0. The number of carbonyl (C=O) groups excluding carboxylic acids is 3. The summed E-state index contributed by atoms with van der Waals surface area (Å²) in [5, 5.41) is 3.08. The van der Waals surface area contributed by atoms with E-state index in [1.165, 1.54) is 0 Å². The Morgan fingerprint density at radius 3 is 2.44 bits per heavy atom. The van der Waals surface area contributed by atoms with Crippen molar-refractivity contribution in [2.24, 2.45) is 5.92 Å². The number of amides is 2. The van der Waals surface area contributed by atoms with E-state index in [-0.39, 0.29) is 36.2 Å². The number of ketones is 1. The molecule has 1 aromatic carbocycles. The monoisotopic (exact) mass is 542 g/mol. The molecule has 0 unspecified atom stereocenters. The molecule has 5 rings (SSSR count). The molecule has 0 radical (unpaired) electrons. The standard InChI is InChI=1S/C29H42N4O6/c1-37-17-16-31-12-14-32(15-13-31)22-10-8-21(9-11-22)28(35)30-25(20-6-4-3-5-7-20)29(36)33-18-24(38-2)27-26(33)23(34)19-39-27/h8-11,20,24-27H,3-7,12-19H2,1-2H3,(H,30,35)/t24-,25+,26-,27-/m1/s1. The number of hydrogen-bond donors (Lipinski definition) is 1. The molecule has 39 heavy (non-hydrogen) atoms. The van der Waals surface area contributed by atoms with Gasteiger partial charge in [-0.2, -0.15) is 0 Å². The highest BCUT2D eigenvalue weighted by Gasteiger charge is 2.54. The topological polar surface area (TPSA) is 101 Å². The molecule has 0 bridgehead atoms. The summed E-state index contributed by atoms with van der Waals surface area (Å²) in [6.45, 7) is 5.78. The second-order valence-electron chi connectivity index (χ2n) is 11.2. The van der Waals surface area contributed by atoms with Gasteiger partial charge < -0.3 is 29.3 Å². The van der Waals surface area contributed by atoms with Crippen LogP contribution in [0.15, 0.2) is 24.3 Å². The van der Waals surface area contributed by atoms with Gasteiger partial charge in [0, 0.05) is 58.2 Å². The maximum Gasteiger partial charge on any atom is 0.251 e. The number of fused-ring (bicyclic) bond motifs is 1. The van der Waals surface area contributed by atoms with Crippen LogP contribution in [0.2, 0.25) is 0 Å². The number of nitrogens with one attached hydrogen (secondary N) is 1. The lowest BCUT2D eigenvalue weighted by atomic mass is 9.83. The lowest BCUT2D eigenvalue weighted by molar-refractivity contribution is -0.139. The number of nitrogens with zero attached hydrogens (tertiary/aromatic N) is 3. The lowest BCUT2D eigenvalue weighted by Gasteiger charge is -2.36. The maximum atomic E-state index is 13.9. The summed E-state index contributed by atoms with van der Waals surface area (Å²) in [5.41, 5.74) is 1.62. The second kappa shape index (κ2) is 12.8. The van der Waals surface area contributed by atoms with Crippen molar-refractivity contribution >= 4 is 23.3 Å². The van der Waals surface area contributed by atoms with Crippen LogP contribution in [0.25, 0.3) is 0 Å². The van der Waals surface area contributed by atoms with Gasteiger partial charge in [0.1, 0.15) is 30.9 Å². The third kappa shape index (κ3) is 6.14. The highest BCUT2D eigenvalue weighted by atomic mass is 16.5. The quantitative estimate of drug-likeness (QED) is 0.499. The smallest absolute Gasteiger partial charge is 0.251 e. The van der Waals surface area contributed by atoms with Crippen LogP contribution in [-0.4, -0.2) is 118 Å². The fourth-order valence-electron chi connectivity index (χ4n) is 6.57. The molecule has 1 N–H and O–H groups in total. The summed E-state index contributed by atoms with van der Waals surface area (Å²) in [5.74, 6) is -0.521. The summed E-state index contributed by atoms with van der Waals surface area (Å²) in [6.07, 6.45) is 4.18. The molecule has 1 saturated carbocycles. The molecule has 0 aromatic heterocycles. The molecule has 10 nitrogen and oxygen atoms in total. The minimum Gasteiger partial charge on any atom is -0.383 e. The largest absolute Gasteiger partial charge is 0.383 e.